The summed E-state index contributed by atoms with van der Waals surface area (Å²) in [6.45, 7) is 6.19. The maximum Gasteiger partial charge on any atom is 0.265 e. The summed E-state index contributed by atoms with van der Waals surface area (Å²) in [6.07, 6.45) is 2.65. The highest BCUT2D eigenvalue weighted by Crippen LogP contribution is 2.27. The van der Waals surface area contributed by atoms with Crippen molar-refractivity contribution in [1.29, 1.82) is 0 Å². The molecule has 6 heteroatoms. The number of hydrogen-bond donors (Lipinski definition) is 2. The number of aromatic nitrogens is 1. The summed E-state index contributed by atoms with van der Waals surface area (Å²) >= 11 is 0. The Morgan fingerprint density at radius 2 is 1.71 bits per heavy atom. The van der Waals surface area contributed by atoms with E-state index in [1.165, 1.54) is 0 Å². The van der Waals surface area contributed by atoms with E-state index in [1.807, 2.05) is 36.4 Å². The van der Waals surface area contributed by atoms with Gasteiger partial charge in [-0.15, -0.1) is 0 Å². The van der Waals surface area contributed by atoms with Crippen LogP contribution in [-0.2, 0) is 11.3 Å². The lowest BCUT2D eigenvalue weighted by Gasteiger charge is -2.19. The van der Waals surface area contributed by atoms with E-state index in [4.69, 9.17) is 4.74 Å². The molecular formula is C25H27N3O3. The minimum Gasteiger partial charge on any atom is -0.481 e. The minimum absolute atomic E-state index is 0.274. The highest BCUT2D eigenvalue weighted by Gasteiger charge is 2.20. The molecular weight excluding hydrogens is 390 g/mol. The van der Waals surface area contributed by atoms with Gasteiger partial charge in [0.2, 0.25) is 0 Å². The van der Waals surface area contributed by atoms with Crippen LogP contribution in [-0.4, -0.2) is 22.9 Å². The Labute approximate surface area is 182 Å². The minimum atomic E-state index is -0.730. The molecule has 1 atom stereocenters. The van der Waals surface area contributed by atoms with Crippen LogP contribution in [0.5, 0.6) is 5.75 Å². The second-order valence-electron chi connectivity index (χ2n) is 7.53. The van der Waals surface area contributed by atoms with Gasteiger partial charge in [0.05, 0.1) is 11.3 Å². The fraction of sp³-hybridized carbons (Fsp3) is 0.240. The van der Waals surface area contributed by atoms with Gasteiger partial charge in [0, 0.05) is 18.9 Å². The average Bonchev–Trinajstić information content (AvgIpc) is 2.78. The third-order valence-electron chi connectivity index (χ3n) is 4.82. The molecule has 1 aromatic heterocycles. The van der Waals surface area contributed by atoms with Crippen LogP contribution in [0.1, 0.15) is 48.2 Å². The number of nitrogens with zero attached hydrogens (tertiary/aromatic N) is 1. The van der Waals surface area contributed by atoms with Gasteiger partial charge in [-0.25, -0.2) is 0 Å². The molecule has 2 N–H and O–H groups in total. The van der Waals surface area contributed by atoms with E-state index in [0.717, 1.165) is 11.1 Å². The molecule has 0 fully saturated rings. The number of benzene rings is 2. The van der Waals surface area contributed by atoms with Gasteiger partial charge in [-0.1, -0.05) is 50.2 Å². The first kappa shape index (κ1) is 22.0. The number of nitrogens with one attached hydrogen (secondary N) is 2. The molecule has 31 heavy (non-hydrogen) atoms. The molecule has 0 aliphatic carbocycles. The Morgan fingerprint density at radius 1 is 0.968 bits per heavy atom. The Kier molecular flexibility index (Phi) is 7.38. The van der Waals surface area contributed by atoms with Crippen LogP contribution < -0.4 is 15.4 Å². The first-order chi connectivity index (χ1) is 15.0. The van der Waals surface area contributed by atoms with E-state index in [1.54, 1.807) is 43.6 Å². The zero-order valence-electron chi connectivity index (χ0n) is 18.0. The predicted molar refractivity (Wildman–Crippen MR) is 121 cm³/mol. The number of rotatable bonds is 8. The molecule has 0 aliphatic heterocycles. The van der Waals surface area contributed by atoms with Gasteiger partial charge in [-0.2, -0.15) is 0 Å². The van der Waals surface area contributed by atoms with Gasteiger partial charge in [0.1, 0.15) is 5.75 Å². The number of para-hydroxylation sites is 2. The van der Waals surface area contributed by atoms with E-state index in [9.17, 15) is 9.59 Å². The number of amides is 2. The molecule has 0 aliphatic rings. The van der Waals surface area contributed by atoms with E-state index in [2.05, 4.69) is 29.5 Å². The molecule has 2 aromatic carbocycles. The Bertz CT molecular complexity index is 1030. The van der Waals surface area contributed by atoms with Gasteiger partial charge >= 0.3 is 0 Å². The topological polar surface area (TPSA) is 80.3 Å². The van der Waals surface area contributed by atoms with Crippen molar-refractivity contribution < 1.29 is 14.3 Å². The Balaban J connectivity index is 1.67. The normalized spacial score (nSPS) is 11.6. The van der Waals surface area contributed by atoms with E-state index >= 15 is 0 Å². The molecule has 3 rings (SSSR count). The predicted octanol–water partition coefficient (Wildman–Crippen LogP) is 4.54. The molecule has 6 nitrogen and oxygen atoms in total. The van der Waals surface area contributed by atoms with Crippen molar-refractivity contribution in [1.82, 2.24) is 10.3 Å². The van der Waals surface area contributed by atoms with E-state index in [-0.39, 0.29) is 17.7 Å². The van der Waals surface area contributed by atoms with Crippen molar-refractivity contribution in [2.24, 2.45) is 0 Å². The lowest BCUT2D eigenvalue weighted by molar-refractivity contribution is -0.122. The summed E-state index contributed by atoms with van der Waals surface area (Å²) < 4.78 is 5.93. The number of carbonyl (C=O) groups excluding carboxylic acids is 2. The van der Waals surface area contributed by atoms with Crippen molar-refractivity contribution in [2.45, 2.75) is 39.3 Å². The second kappa shape index (κ2) is 10.4. The number of hydrogen-bond acceptors (Lipinski definition) is 4. The summed E-state index contributed by atoms with van der Waals surface area (Å²) in [6, 6.07) is 18.3. The molecule has 0 saturated heterocycles. The van der Waals surface area contributed by atoms with Crippen molar-refractivity contribution in [3.8, 4) is 5.75 Å². The molecule has 0 radical (unpaired) electrons. The summed E-state index contributed by atoms with van der Waals surface area (Å²) in [7, 11) is 0. The quantitative estimate of drug-likeness (QED) is 0.564. The molecule has 160 valence electrons. The molecule has 0 spiro atoms. The lowest BCUT2D eigenvalue weighted by Crippen LogP contribution is -2.32. The smallest absolute Gasteiger partial charge is 0.265 e. The van der Waals surface area contributed by atoms with Gasteiger partial charge in [0.15, 0.2) is 6.10 Å². The van der Waals surface area contributed by atoms with Crippen LogP contribution >= 0.6 is 0 Å². The maximum atomic E-state index is 12.8. The number of ether oxygens (including phenoxy) is 1. The molecule has 0 unspecified atom stereocenters. The fourth-order valence-corrected chi connectivity index (χ4v) is 3.11. The molecule has 2 amide bonds. The van der Waals surface area contributed by atoms with Crippen LogP contribution in [0.4, 0.5) is 5.69 Å². The summed E-state index contributed by atoms with van der Waals surface area (Å²) in [5, 5.41) is 5.68. The van der Waals surface area contributed by atoms with Gasteiger partial charge in [0.25, 0.3) is 11.8 Å². The zero-order valence-corrected chi connectivity index (χ0v) is 18.0. The SMILES string of the molecule is CC(C)c1ccccc1O[C@@H](C)C(=O)Nc1ccccc1C(=O)NCc1cccnc1. The van der Waals surface area contributed by atoms with E-state index in [0.29, 0.717) is 23.5 Å². The Hall–Kier alpha value is -3.67. The second-order valence-corrected chi connectivity index (χ2v) is 7.53. The average molecular weight is 418 g/mol. The molecule has 0 saturated carbocycles. The fourth-order valence-electron chi connectivity index (χ4n) is 3.11. The highest BCUT2D eigenvalue weighted by molar-refractivity contribution is 6.04. The summed E-state index contributed by atoms with van der Waals surface area (Å²) in [5.41, 5.74) is 2.75. The summed E-state index contributed by atoms with van der Waals surface area (Å²) in [4.78, 5) is 29.5. The van der Waals surface area contributed by atoms with Gasteiger partial charge < -0.3 is 15.4 Å². The van der Waals surface area contributed by atoms with Crippen LogP contribution in [0.3, 0.4) is 0 Å². The lowest BCUT2D eigenvalue weighted by atomic mass is 10.0. The monoisotopic (exact) mass is 417 g/mol. The third kappa shape index (κ3) is 5.92. The number of pyridine rings is 1. The van der Waals surface area contributed by atoms with Crippen LogP contribution in [0.2, 0.25) is 0 Å². The van der Waals surface area contributed by atoms with Crippen molar-refractivity contribution >= 4 is 17.5 Å². The molecule has 0 bridgehead atoms. The van der Waals surface area contributed by atoms with Crippen LogP contribution in [0.25, 0.3) is 0 Å². The highest BCUT2D eigenvalue weighted by atomic mass is 16.5. The Morgan fingerprint density at radius 3 is 2.45 bits per heavy atom. The third-order valence-corrected chi connectivity index (χ3v) is 4.82. The van der Waals surface area contributed by atoms with Crippen molar-refractivity contribution in [3.63, 3.8) is 0 Å². The van der Waals surface area contributed by atoms with Gasteiger partial charge in [-0.3, -0.25) is 14.6 Å². The standard InChI is InChI=1S/C25H27N3O3/c1-17(2)20-10-5-7-13-23(20)31-18(3)24(29)28-22-12-6-4-11-21(22)25(30)27-16-19-9-8-14-26-15-19/h4-15,17-18H,16H2,1-3H3,(H,27,30)(H,28,29)/t18-/m0/s1. The number of carbonyl (C=O) groups is 2. The van der Waals surface area contributed by atoms with Crippen LogP contribution in [0, 0.1) is 0 Å². The maximum absolute atomic E-state index is 12.8. The largest absolute Gasteiger partial charge is 0.481 e. The molecule has 1 heterocycles. The van der Waals surface area contributed by atoms with E-state index < -0.39 is 6.10 Å². The number of anilines is 1. The zero-order chi connectivity index (χ0) is 22.2. The van der Waals surface area contributed by atoms with Crippen molar-refractivity contribution in [3.05, 3.63) is 89.7 Å². The van der Waals surface area contributed by atoms with Gasteiger partial charge in [-0.05, 0) is 48.2 Å². The summed E-state index contributed by atoms with van der Waals surface area (Å²) in [5.74, 6) is 0.350. The first-order valence-corrected chi connectivity index (χ1v) is 10.3. The first-order valence-electron chi connectivity index (χ1n) is 10.3. The molecule has 3 aromatic rings. The van der Waals surface area contributed by atoms with Crippen molar-refractivity contribution in [2.75, 3.05) is 5.32 Å². The van der Waals surface area contributed by atoms with Crippen LogP contribution in [0.15, 0.2) is 73.1 Å².